The van der Waals surface area contributed by atoms with Crippen molar-refractivity contribution < 1.29 is 10.0 Å². The summed E-state index contributed by atoms with van der Waals surface area (Å²) in [6.45, 7) is 0.519. The number of hydrogen-bond acceptors (Lipinski definition) is 4. The summed E-state index contributed by atoms with van der Waals surface area (Å²) < 4.78 is 0. The molecule has 0 spiro atoms. The van der Waals surface area contributed by atoms with E-state index in [9.17, 15) is 4.79 Å². The summed E-state index contributed by atoms with van der Waals surface area (Å²) in [7, 11) is 0. The van der Waals surface area contributed by atoms with Crippen molar-refractivity contribution >= 4 is 23.1 Å². The number of amidine groups is 1. The maximum absolute atomic E-state index is 11.4. The predicted molar refractivity (Wildman–Crippen MR) is 59.3 cm³/mol. The van der Waals surface area contributed by atoms with Crippen molar-refractivity contribution in [3.63, 3.8) is 0 Å². The van der Waals surface area contributed by atoms with E-state index in [1.54, 1.807) is 11.4 Å². The third-order valence-electron chi connectivity index (χ3n) is 1.81. The zero-order valence-corrected chi connectivity index (χ0v) is 8.96. The number of carbonyl (C=O) groups is 1. The number of oxime groups is 1. The lowest BCUT2D eigenvalue weighted by molar-refractivity contribution is 0.0954. The molecule has 0 radical (unpaired) electrons. The highest BCUT2D eigenvalue weighted by Crippen LogP contribution is 2.05. The van der Waals surface area contributed by atoms with Gasteiger partial charge in [0.25, 0.3) is 5.91 Å². The lowest BCUT2D eigenvalue weighted by Crippen LogP contribution is -2.25. The number of hydrogen-bond donors (Lipinski definition) is 3. The maximum Gasteiger partial charge on any atom is 0.252 e. The van der Waals surface area contributed by atoms with Gasteiger partial charge in [0, 0.05) is 23.9 Å². The van der Waals surface area contributed by atoms with Crippen LogP contribution in [0, 0.1) is 0 Å². The third kappa shape index (κ3) is 3.99. The number of rotatable bonds is 5. The van der Waals surface area contributed by atoms with Crippen LogP contribution >= 0.6 is 11.3 Å². The zero-order valence-electron chi connectivity index (χ0n) is 8.14. The van der Waals surface area contributed by atoms with Crippen LogP contribution in [0.1, 0.15) is 23.2 Å². The summed E-state index contributed by atoms with van der Waals surface area (Å²) in [4.78, 5) is 11.4. The smallest absolute Gasteiger partial charge is 0.252 e. The summed E-state index contributed by atoms with van der Waals surface area (Å²) >= 11 is 1.48. The lowest BCUT2D eigenvalue weighted by atomic mass is 10.2. The van der Waals surface area contributed by atoms with Crippen LogP contribution in [-0.2, 0) is 0 Å². The van der Waals surface area contributed by atoms with Gasteiger partial charge in [0.2, 0.25) is 0 Å². The second-order valence-corrected chi connectivity index (χ2v) is 3.74. The fourth-order valence-corrected chi connectivity index (χ4v) is 1.65. The van der Waals surface area contributed by atoms with E-state index < -0.39 is 0 Å². The fourth-order valence-electron chi connectivity index (χ4n) is 1.02. The van der Waals surface area contributed by atoms with Crippen molar-refractivity contribution in [2.75, 3.05) is 6.54 Å². The Kier molecular flexibility index (Phi) is 4.62. The summed E-state index contributed by atoms with van der Waals surface area (Å²) in [5.74, 6) is 0.0931. The Labute approximate surface area is 91.6 Å². The number of carbonyl (C=O) groups excluding carboxylic acids is 1. The largest absolute Gasteiger partial charge is 0.409 e. The van der Waals surface area contributed by atoms with E-state index >= 15 is 0 Å². The molecule has 0 fully saturated rings. The number of nitrogens with one attached hydrogen (secondary N) is 1. The topological polar surface area (TPSA) is 87.7 Å². The molecule has 1 heterocycles. The van der Waals surface area contributed by atoms with Crippen LogP contribution in [0.4, 0.5) is 0 Å². The van der Waals surface area contributed by atoms with Gasteiger partial charge in [-0.25, -0.2) is 0 Å². The second kappa shape index (κ2) is 6.02. The fraction of sp³-hybridized carbons (Fsp3) is 0.333. The predicted octanol–water partition coefficient (Wildman–Crippen LogP) is 1.00. The molecule has 82 valence electrons. The van der Waals surface area contributed by atoms with E-state index in [1.165, 1.54) is 11.3 Å². The first-order valence-corrected chi connectivity index (χ1v) is 5.45. The molecular weight excluding hydrogens is 214 g/mol. The summed E-state index contributed by atoms with van der Waals surface area (Å²) in [5.41, 5.74) is 5.94. The van der Waals surface area contributed by atoms with Gasteiger partial charge in [0.05, 0.1) is 0 Å². The van der Waals surface area contributed by atoms with E-state index in [0.717, 1.165) is 0 Å². The van der Waals surface area contributed by atoms with Crippen molar-refractivity contribution in [3.8, 4) is 0 Å². The first kappa shape index (κ1) is 11.5. The SMILES string of the molecule is NC(CCCNC(=O)c1ccsc1)=NO. The van der Waals surface area contributed by atoms with Crippen molar-refractivity contribution in [1.29, 1.82) is 0 Å². The molecule has 0 aliphatic heterocycles. The minimum absolute atomic E-state index is 0.0873. The van der Waals surface area contributed by atoms with E-state index in [1.807, 2.05) is 5.38 Å². The molecule has 0 atom stereocenters. The summed E-state index contributed by atoms with van der Waals surface area (Å²) in [6, 6.07) is 1.77. The number of nitrogens with zero attached hydrogens (tertiary/aromatic N) is 1. The van der Waals surface area contributed by atoms with E-state index in [-0.39, 0.29) is 11.7 Å². The van der Waals surface area contributed by atoms with E-state index in [4.69, 9.17) is 10.9 Å². The second-order valence-electron chi connectivity index (χ2n) is 2.96. The van der Waals surface area contributed by atoms with Crippen LogP contribution in [-0.4, -0.2) is 23.5 Å². The van der Waals surface area contributed by atoms with Crippen molar-refractivity contribution in [2.24, 2.45) is 10.9 Å². The van der Waals surface area contributed by atoms with Gasteiger partial charge < -0.3 is 16.3 Å². The number of nitrogens with two attached hydrogens (primary N) is 1. The normalized spacial score (nSPS) is 11.3. The zero-order chi connectivity index (χ0) is 11.1. The Hall–Kier alpha value is -1.56. The molecule has 1 aromatic heterocycles. The van der Waals surface area contributed by atoms with Crippen molar-refractivity contribution in [1.82, 2.24) is 5.32 Å². The number of amides is 1. The van der Waals surface area contributed by atoms with Crippen LogP contribution in [0.5, 0.6) is 0 Å². The van der Waals surface area contributed by atoms with Gasteiger partial charge in [-0.05, 0) is 17.9 Å². The van der Waals surface area contributed by atoms with Gasteiger partial charge in [-0.1, -0.05) is 5.16 Å². The Balaban J connectivity index is 2.19. The van der Waals surface area contributed by atoms with Gasteiger partial charge in [0.1, 0.15) is 5.84 Å². The molecule has 6 heteroatoms. The maximum atomic E-state index is 11.4. The summed E-state index contributed by atoms with van der Waals surface area (Å²) in [6.07, 6.45) is 1.13. The van der Waals surface area contributed by atoms with Crippen LogP contribution < -0.4 is 11.1 Å². The van der Waals surface area contributed by atoms with Gasteiger partial charge in [-0.2, -0.15) is 11.3 Å². The third-order valence-corrected chi connectivity index (χ3v) is 2.49. The van der Waals surface area contributed by atoms with Gasteiger partial charge in [-0.3, -0.25) is 4.79 Å². The van der Waals surface area contributed by atoms with Crippen molar-refractivity contribution in [3.05, 3.63) is 22.4 Å². The minimum Gasteiger partial charge on any atom is -0.409 e. The lowest BCUT2D eigenvalue weighted by Gasteiger charge is -2.02. The molecular formula is C9H13N3O2S. The standard InChI is InChI=1S/C9H13N3O2S/c10-8(12-14)2-1-4-11-9(13)7-3-5-15-6-7/h3,5-6,14H,1-2,4H2,(H2,10,12)(H,11,13). The van der Waals surface area contributed by atoms with Gasteiger partial charge >= 0.3 is 0 Å². The molecule has 4 N–H and O–H groups in total. The molecule has 0 aromatic carbocycles. The molecule has 1 amide bonds. The average molecular weight is 227 g/mol. The van der Waals surface area contributed by atoms with Crippen LogP contribution in [0.2, 0.25) is 0 Å². The molecule has 0 unspecified atom stereocenters. The monoisotopic (exact) mass is 227 g/mol. The highest BCUT2D eigenvalue weighted by atomic mass is 32.1. The Morgan fingerprint density at radius 1 is 1.67 bits per heavy atom. The van der Waals surface area contributed by atoms with E-state index in [0.29, 0.717) is 24.9 Å². The van der Waals surface area contributed by atoms with Crippen molar-refractivity contribution in [2.45, 2.75) is 12.8 Å². The molecule has 1 rings (SSSR count). The molecule has 0 aliphatic carbocycles. The Morgan fingerprint density at radius 2 is 2.47 bits per heavy atom. The highest BCUT2D eigenvalue weighted by molar-refractivity contribution is 7.08. The molecule has 0 aliphatic rings. The molecule has 0 saturated heterocycles. The highest BCUT2D eigenvalue weighted by Gasteiger charge is 2.04. The van der Waals surface area contributed by atoms with Gasteiger partial charge in [0.15, 0.2) is 0 Å². The molecule has 0 bridgehead atoms. The quantitative estimate of drug-likeness (QED) is 0.230. The first-order valence-electron chi connectivity index (χ1n) is 4.51. The van der Waals surface area contributed by atoms with Crippen LogP contribution in [0.3, 0.4) is 0 Å². The minimum atomic E-state index is -0.0873. The van der Waals surface area contributed by atoms with Crippen LogP contribution in [0.15, 0.2) is 22.0 Å². The molecule has 15 heavy (non-hydrogen) atoms. The number of thiophene rings is 1. The van der Waals surface area contributed by atoms with Crippen LogP contribution in [0.25, 0.3) is 0 Å². The molecule has 5 nitrogen and oxygen atoms in total. The average Bonchev–Trinajstić information content (AvgIpc) is 2.77. The van der Waals surface area contributed by atoms with Gasteiger partial charge in [-0.15, -0.1) is 0 Å². The van der Waals surface area contributed by atoms with E-state index in [2.05, 4.69) is 10.5 Å². The molecule has 0 saturated carbocycles. The Morgan fingerprint density at radius 3 is 3.07 bits per heavy atom. The summed E-state index contributed by atoms with van der Waals surface area (Å²) in [5, 5.41) is 17.5. The Bertz CT molecular complexity index is 335. The first-order chi connectivity index (χ1) is 7.24. The molecule has 1 aromatic rings.